The molecule has 4 heteroatoms. The van der Waals surface area contributed by atoms with Crippen molar-refractivity contribution in [1.29, 1.82) is 0 Å². The number of terminal acetylenes is 1. The fourth-order valence-electron chi connectivity index (χ4n) is 1.16. The van der Waals surface area contributed by atoms with Crippen molar-refractivity contribution < 1.29 is 19.4 Å². The van der Waals surface area contributed by atoms with E-state index in [2.05, 4.69) is 10.7 Å². The van der Waals surface area contributed by atoms with Crippen LogP contribution in [0, 0.1) is 12.3 Å². The molecule has 1 aromatic rings. The van der Waals surface area contributed by atoms with E-state index in [0.29, 0.717) is 5.75 Å². The van der Waals surface area contributed by atoms with Crippen LogP contribution in [0.5, 0.6) is 5.75 Å². The van der Waals surface area contributed by atoms with E-state index in [0.717, 1.165) is 5.56 Å². The van der Waals surface area contributed by atoms with E-state index >= 15 is 0 Å². The lowest BCUT2D eigenvalue weighted by Gasteiger charge is -2.01. The third kappa shape index (κ3) is 5.19. The van der Waals surface area contributed by atoms with Gasteiger partial charge in [-0.25, -0.2) is 4.79 Å². The molecule has 0 aliphatic heterocycles. The second-order valence-electron chi connectivity index (χ2n) is 3.29. The van der Waals surface area contributed by atoms with Crippen molar-refractivity contribution in [2.45, 2.75) is 0 Å². The summed E-state index contributed by atoms with van der Waals surface area (Å²) >= 11 is 0. The Balaban J connectivity index is 2.50. The number of esters is 1. The van der Waals surface area contributed by atoms with E-state index in [4.69, 9.17) is 16.3 Å². The van der Waals surface area contributed by atoms with E-state index < -0.39 is 5.97 Å². The SMILES string of the molecule is C#CCOc1ccc(/C=C/C(=O)OCCO)cc1. The third-order valence-corrected chi connectivity index (χ3v) is 1.95. The molecule has 0 aromatic heterocycles. The van der Waals surface area contributed by atoms with Gasteiger partial charge in [0.1, 0.15) is 19.0 Å². The van der Waals surface area contributed by atoms with E-state index in [1.165, 1.54) is 6.08 Å². The third-order valence-electron chi connectivity index (χ3n) is 1.95. The van der Waals surface area contributed by atoms with Gasteiger partial charge in [0.05, 0.1) is 6.61 Å². The zero-order valence-electron chi connectivity index (χ0n) is 9.83. The standard InChI is InChI=1S/C14H14O4/c1-2-10-17-13-6-3-12(4-7-13)5-8-14(16)18-11-9-15/h1,3-8,15H,9-11H2/b8-5+. The van der Waals surface area contributed by atoms with E-state index in [-0.39, 0.29) is 19.8 Å². The van der Waals surface area contributed by atoms with Gasteiger partial charge < -0.3 is 14.6 Å². The first-order chi connectivity index (χ1) is 8.76. The largest absolute Gasteiger partial charge is 0.481 e. The number of hydrogen-bond donors (Lipinski definition) is 1. The average molecular weight is 246 g/mol. The highest BCUT2D eigenvalue weighted by Gasteiger charge is 1.96. The summed E-state index contributed by atoms with van der Waals surface area (Å²) in [4.78, 5) is 11.1. The molecule has 94 valence electrons. The number of rotatable bonds is 6. The molecule has 0 aliphatic rings. The molecule has 0 saturated heterocycles. The van der Waals surface area contributed by atoms with Crippen LogP contribution in [0.3, 0.4) is 0 Å². The number of ether oxygens (including phenoxy) is 2. The average Bonchev–Trinajstić information content (AvgIpc) is 2.41. The number of carbonyl (C=O) groups is 1. The molecule has 4 nitrogen and oxygen atoms in total. The zero-order chi connectivity index (χ0) is 13.2. The van der Waals surface area contributed by atoms with Gasteiger partial charge in [0.2, 0.25) is 0 Å². The first-order valence-electron chi connectivity index (χ1n) is 5.38. The van der Waals surface area contributed by atoms with Crippen molar-refractivity contribution in [2.24, 2.45) is 0 Å². The minimum absolute atomic E-state index is 0.00202. The second kappa shape index (κ2) is 7.93. The molecule has 0 atom stereocenters. The van der Waals surface area contributed by atoms with Crippen LogP contribution in [0.25, 0.3) is 6.08 Å². The fraction of sp³-hybridized carbons (Fsp3) is 0.214. The predicted molar refractivity (Wildman–Crippen MR) is 67.8 cm³/mol. The monoisotopic (exact) mass is 246 g/mol. The number of aliphatic hydroxyl groups excluding tert-OH is 1. The van der Waals surface area contributed by atoms with Gasteiger partial charge in [0.25, 0.3) is 0 Å². The number of benzene rings is 1. The van der Waals surface area contributed by atoms with Crippen LogP contribution in [0.1, 0.15) is 5.56 Å². The predicted octanol–water partition coefficient (Wildman–Crippen LogP) is 1.25. The second-order valence-corrected chi connectivity index (χ2v) is 3.29. The van der Waals surface area contributed by atoms with Crippen LogP contribution < -0.4 is 4.74 Å². The maximum Gasteiger partial charge on any atom is 0.330 e. The van der Waals surface area contributed by atoms with Gasteiger partial charge in [-0.15, -0.1) is 6.42 Å². The Morgan fingerprint density at radius 3 is 2.72 bits per heavy atom. The number of aliphatic hydroxyl groups is 1. The number of hydrogen-bond acceptors (Lipinski definition) is 4. The van der Waals surface area contributed by atoms with Gasteiger partial charge in [0.15, 0.2) is 0 Å². The van der Waals surface area contributed by atoms with Crippen LogP contribution >= 0.6 is 0 Å². The molecule has 18 heavy (non-hydrogen) atoms. The molecule has 0 spiro atoms. The van der Waals surface area contributed by atoms with Crippen molar-refractivity contribution in [3.63, 3.8) is 0 Å². The minimum Gasteiger partial charge on any atom is -0.481 e. The number of carbonyl (C=O) groups excluding carboxylic acids is 1. The maximum atomic E-state index is 11.1. The van der Waals surface area contributed by atoms with Gasteiger partial charge in [-0.2, -0.15) is 0 Å². The van der Waals surface area contributed by atoms with Crippen molar-refractivity contribution in [3.8, 4) is 18.1 Å². The van der Waals surface area contributed by atoms with Gasteiger partial charge in [0, 0.05) is 6.08 Å². The van der Waals surface area contributed by atoms with E-state index in [1.807, 2.05) is 0 Å². The summed E-state index contributed by atoms with van der Waals surface area (Å²) in [5, 5.41) is 8.47. The Bertz CT molecular complexity index is 440. The Morgan fingerprint density at radius 1 is 1.39 bits per heavy atom. The quantitative estimate of drug-likeness (QED) is 0.466. The molecule has 0 fully saturated rings. The van der Waals surface area contributed by atoms with E-state index in [9.17, 15) is 4.79 Å². The summed E-state index contributed by atoms with van der Waals surface area (Å²) in [5.74, 6) is 2.56. The molecule has 0 bridgehead atoms. The molecule has 0 aliphatic carbocycles. The van der Waals surface area contributed by atoms with Gasteiger partial charge in [-0.1, -0.05) is 18.1 Å². The Hall–Kier alpha value is -2.25. The molecule has 1 rings (SSSR count). The van der Waals surface area contributed by atoms with Crippen LogP contribution in [0.15, 0.2) is 30.3 Å². The minimum atomic E-state index is -0.489. The summed E-state index contributed by atoms with van der Waals surface area (Å²) in [6, 6.07) is 7.11. The Kier molecular flexibility index (Phi) is 6.09. The highest BCUT2D eigenvalue weighted by atomic mass is 16.5. The van der Waals surface area contributed by atoms with Gasteiger partial charge >= 0.3 is 5.97 Å². The lowest BCUT2D eigenvalue weighted by molar-refractivity contribution is -0.138. The van der Waals surface area contributed by atoms with Crippen LogP contribution in [-0.4, -0.2) is 30.9 Å². The normalized spacial score (nSPS) is 10.0. The fourth-order valence-corrected chi connectivity index (χ4v) is 1.16. The summed E-state index contributed by atoms with van der Waals surface area (Å²) in [7, 11) is 0. The van der Waals surface area contributed by atoms with Crippen LogP contribution in [0.4, 0.5) is 0 Å². The van der Waals surface area contributed by atoms with Crippen LogP contribution in [0.2, 0.25) is 0 Å². The molecule has 0 heterocycles. The van der Waals surface area contributed by atoms with Crippen molar-refractivity contribution in [2.75, 3.05) is 19.8 Å². The van der Waals surface area contributed by atoms with Crippen molar-refractivity contribution in [1.82, 2.24) is 0 Å². The zero-order valence-corrected chi connectivity index (χ0v) is 9.83. The van der Waals surface area contributed by atoms with Crippen molar-refractivity contribution >= 4 is 12.0 Å². The van der Waals surface area contributed by atoms with Crippen molar-refractivity contribution in [3.05, 3.63) is 35.9 Å². The summed E-state index contributed by atoms with van der Waals surface area (Å²) in [5.41, 5.74) is 0.837. The summed E-state index contributed by atoms with van der Waals surface area (Å²) in [6.45, 7) is 0.0471. The molecule has 0 saturated carbocycles. The molecular weight excluding hydrogens is 232 g/mol. The lowest BCUT2D eigenvalue weighted by atomic mass is 10.2. The van der Waals surface area contributed by atoms with E-state index in [1.54, 1.807) is 30.3 Å². The molecular formula is C14H14O4. The smallest absolute Gasteiger partial charge is 0.330 e. The maximum absolute atomic E-state index is 11.1. The summed E-state index contributed by atoms with van der Waals surface area (Å²) in [6.07, 6.45) is 7.99. The highest BCUT2D eigenvalue weighted by Crippen LogP contribution is 2.12. The lowest BCUT2D eigenvalue weighted by Crippen LogP contribution is -2.04. The topological polar surface area (TPSA) is 55.8 Å². The first kappa shape index (κ1) is 13.8. The molecule has 1 aromatic carbocycles. The highest BCUT2D eigenvalue weighted by molar-refractivity contribution is 5.87. The molecule has 0 amide bonds. The molecule has 0 radical (unpaired) electrons. The first-order valence-corrected chi connectivity index (χ1v) is 5.38. The Morgan fingerprint density at radius 2 is 2.11 bits per heavy atom. The molecule has 0 unspecified atom stereocenters. The molecule has 1 N–H and O–H groups in total. The van der Waals surface area contributed by atoms with Gasteiger partial charge in [-0.05, 0) is 23.8 Å². The Labute approximate surface area is 106 Å². The van der Waals surface area contributed by atoms with Crippen LogP contribution in [-0.2, 0) is 9.53 Å². The summed E-state index contributed by atoms with van der Waals surface area (Å²) < 4.78 is 9.88. The van der Waals surface area contributed by atoms with Gasteiger partial charge in [-0.3, -0.25) is 0 Å².